The van der Waals surface area contributed by atoms with E-state index in [1.54, 1.807) is 11.8 Å². The third-order valence-corrected chi connectivity index (χ3v) is 5.00. The molecule has 4 heteroatoms. The van der Waals surface area contributed by atoms with Crippen LogP contribution in [0.4, 0.5) is 0 Å². The van der Waals surface area contributed by atoms with Gasteiger partial charge in [-0.2, -0.15) is 17.0 Å². The summed E-state index contributed by atoms with van der Waals surface area (Å²) in [5.41, 5.74) is -0.753. The van der Waals surface area contributed by atoms with Gasteiger partial charge in [-0.1, -0.05) is 32.6 Å². The number of thioether (sulfide) groups is 1. The fourth-order valence-electron chi connectivity index (χ4n) is 2.90. The van der Waals surface area contributed by atoms with Gasteiger partial charge in [0.15, 0.2) is 0 Å². The Hall–Kier alpha value is -0.690. The van der Waals surface area contributed by atoms with Crippen LogP contribution in [0.25, 0.3) is 0 Å². The van der Waals surface area contributed by atoms with Gasteiger partial charge in [-0.3, -0.25) is 4.79 Å². The van der Waals surface area contributed by atoms with Crippen LogP contribution in [0.15, 0.2) is 0 Å². The van der Waals surface area contributed by atoms with Crippen molar-refractivity contribution in [3.05, 3.63) is 0 Å². The Morgan fingerprint density at radius 1 is 1.37 bits per heavy atom. The third-order valence-electron chi connectivity index (χ3n) is 4.28. The molecule has 0 radical (unpaired) electrons. The van der Waals surface area contributed by atoms with Crippen molar-refractivity contribution in [2.24, 2.45) is 5.41 Å². The highest BCUT2D eigenvalue weighted by Gasteiger charge is 2.41. The zero-order valence-corrected chi connectivity index (χ0v) is 13.3. The van der Waals surface area contributed by atoms with E-state index in [2.05, 4.69) is 19.2 Å². The molecule has 0 aliphatic heterocycles. The van der Waals surface area contributed by atoms with Crippen molar-refractivity contribution in [3.63, 3.8) is 0 Å². The van der Waals surface area contributed by atoms with Gasteiger partial charge < -0.3 is 4.90 Å². The molecule has 1 atom stereocenters. The van der Waals surface area contributed by atoms with E-state index in [-0.39, 0.29) is 11.9 Å². The van der Waals surface area contributed by atoms with Crippen LogP contribution in [0, 0.1) is 16.7 Å². The molecule has 0 heterocycles. The van der Waals surface area contributed by atoms with Gasteiger partial charge in [-0.05, 0) is 25.5 Å². The molecular formula is C15H26N2OS. The van der Waals surface area contributed by atoms with Crippen molar-refractivity contribution in [2.45, 2.75) is 57.9 Å². The number of amides is 1. The normalized spacial score (nSPS) is 20.1. The summed E-state index contributed by atoms with van der Waals surface area (Å²) in [5, 5.41) is 9.57. The van der Waals surface area contributed by atoms with Gasteiger partial charge in [-0.25, -0.2) is 0 Å². The Bertz CT molecular complexity index is 330. The molecule has 108 valence electrons. The van der Waals surface area contributed by atoms with Crippen LogP contribution in [0.5, 0.6) is 0 Å². The molecule has 19 heavy (non-hydrogen) atoms. The number of nitriles is 1. The van der Waals surface area contributed by atoms with Crippen molar-refractivity contribution in [1.29, 1.82) is 5.26 Å². The van der Waals surface area contributed by atoms with E-state index in [1.807, 2.05) is 11.9 Å². The van der Waals surface area contributed by atoms with Gasteiger partial charge >= 0.3 is 0 Å². The lowest BCUT2D eigenvalue weighted by Crippen LogP contribution is -2.46. The lowest BCUT2D eigenvalue weighted by Gasteiger charge is -2.34. The van der Waals surface area contributed by atoms with Gasteiger partial charge in [0.2, 0.25) is 5.91 Å². The first-order valence-corrected chi connectivity index (χ1v) is 8.68. The third kappa shape index (κ3) is 3.89. The highest BCUT2D eigenvalue weighted by molar-refractivity contribution is 7.98. The molecule has 0 aromatic rings. The zero-order chi connectivity index (χ0) is 14.3. The largest absolute Gasteiger partial charge is 0.341 e. The quantitative estimate of drug-likeness (QED) is 0.725. The molecule has 0 bridgehead atoms. The maximum absolute atomic E-state index is 12.8. The van der Waals surface area contributed by atoms with Gasteiger partial charge in [0.05, 0.1) is 6.07 Å². The second-order valence-corrected chi connectivity index (χ2v) is 6.45. The molecule has 1 aliphatic carbocycles. The summed E-state index contributed by atoms with van der Waals surface area (Å²) in [6.07, 6.45) is 8.81. The molecule has 1 aliphatic rings. The predicted octanol–water partition coefficient (Wildman–Crippen LogP) is 3.45. The highest BCUT2D eigenvalue weighted by atomic mass is 32.2. The van der Waals surface area contributed by atoms with E-state index in [9.17, 15) is 10.1 Å². The lowest BCUT2D eigenvalue weighted by molar-refractivity contribution is -0.140. The molecule has 1 saturated carbocycles. The van der Waals surface area contributed by atoms with E-state index in [1.165, 1.54) is 0 Å². The fourth-order valence-corrected chi connectivity index (χ4v) is 3.75. The smallest absolute Gasteiger partial charge is 0.243 e. The second kappa shape index (κ2) is 7.79. The predicted molar refractivity (Wildman–Crippen MR) is 81.0 cm³/mol. The fraction of sp³-hybridized carbons (Fsp3) is 0.867. The minimum absolute atomic E-state index is 0.0535. The number of carbonyl (C=O) groups is 1. The molecule has 0 aromatic carbocycles. The van der Waals surface area contributed by atoms with Crippen LogP contribution in [0.1, 0.15) is 51.9 Å². The first kappa shape index (κ1) is 16.4. The zero-order valence-electron chi connectivity index (χ0n) is 12.4. The first-order chi connectivity index (χ1) is 9.11. The van der Waals surface area contributed by atoms with Gasteiger partial charge in [-0.15, -0.1) is 0 Å². The van der Waals surface area contributed by atoms with Crippen molar-refractivity contribution in [1.82, 2.24) is 4.90 Å². The van der Waals surface area contributed by atoms with E-state index in [0.29, 0.717) is 0 Å². The van der Waals surface area contributed by atoms with Crippen LogP contribution in [0.3, 0.4) is 0 Å². The standard InChI is InChI=1S/C15H26N2OS/c1-4-13(11-19-3)17(2)14(18)15(12-16)9-7-5-6-8-10-15/h13H,4-11H2,1-3H3. The summed E-state index contributed by atoms with van der Waals surface area (Å²) < 4.78 is 0. The summed E-state index contributed by atoms with van der Waals surface area (Å²) in [5.74, 6) is 0.998. The number of hydrogen-bond acceptors (Lipinski definition) is 3. The summed E-state index contributed by atoms with van der Waals surface area (Å²) in [6.45, 7) is 2.11. The summed E-state index contributed by atoms with van der Waals surface area (Å²) >= 11 is 1.76. The average molecular weight is 282 g/mol. The Morgan fingerprint density at radius 2 is 1.95 bits per heavy atom. The maximum Gasteiger partial charge on any atom is 0.243 e. The molecular weight excluding hydrogens is 256 g/mol. The average Bonchev–Trinajstić information content (AvgIpc) is 2.69. The Balaban J connectivity index is 2.84. The summed E-state index contributed by atoms with van der Waals surface area (Å²) in [4.78, 5) is 14.6. The Kier molecular flexibility index (Phi) is 6.71. The van der Waals surface area contributed by atoms with Gasteiger partial charge in [0.25, 0.3) is 0 Å². The second-order valence-electron chi connectivity index (χ2n) is 5.54. The lowest BCUT2D eigenvalue weighted by atomic mass is 9.80. The topological polar surface area (TPSA) is 44.1 Å². The minimum Gasteiger partial charge on any atom is -0.341 e. The first-order valence-electron chi connectivity index (χ1n) is 7.28. The van der Waals surface area contributed by atoms with Crippen LogP contribution < -0.4 is 0 Å². The molecule has 1 rings (SSSR count). The van der Waals surface area contributed by atoms with Crippen molar-refractivity contribution in [3.8, 4) is 6.07 Å². The number of rotatable bonds is 5. The van der Waals surface area contributed by atoms with E-state index in [4.69, 9.17) is 0 Å². The van der Waals surface area contributed by atoms with Crippen LogP contribution in [0.2, 0.25) is 0 Å². The molecule has 3 nitrogen and oxygen atoms in total. The molecule has 0 N–H and O–H groups in total. The number of nitrogens with zero attached hydrogens (tertiary/aromatic N) is 2. The molecule has 1 amide bonds. The molecule has 1 unspecified atom stereocenters. The van der Waals surface area contributed by atoms with Crippen molar-refractivity contribution >= 4 is 17.7 Å². The summed E-state index contributed by atoms with van der Waals surface area (Å²) in [7, 11) is 1.87. The van der Waals surface area contributed by atoms with Gasteiger partial charge in [0.1, 0.15) is 5.41 Å². The van der Waals surface area contributed by atoms with Gasteiger partial charge in [0, 0.05) is 18.8 Å². The van der Waals surface area contributed by atoms with Crippen LogP contribution in [-0.2, 0) is 4.79 Å². The molecule has 0 saturated heterocycles. The SMILES string of the molecule is CCC(CSC)N(C)C(=O)C1(C#N)CCCCCC1. The monoisotopic (exact) mass is 282 g/mol. The summed E-state index contributed by atoms with van der Waals surface area (Å²) in [6, 6.07) is 2.61. The Labute approximate surface area is 121 Å². The van der Waals surface area contributed by atoms with E-state index >= 15 is 0 Å². The van der Waals surface area contributed by atoms with Crippen LogP contribution >= 0.6 is 11.8 Å². The minimum atomic E-state index is -0.753. The van der Waals surface area contributed by atoms with E-state index < -0.39 is 5.41 Å². The molecule has 0 spiro atoms. The molecule has 0 aromatic heterocycles. The number of hydrogen-bond donors (Lipinski definition) is 0. The molecule has 1 fully saturated rings. The van der Waals surface area contributed by atoms with Crippen molar-refractivity contribution in [2.75, 3.05) is 19.1 Å². The maximum atomic E-state index is 12.8. The van der Waals surface area contributed by atoms with Crippen LogP contribution in [-0.4, -0.2) is 35.9 Å². The Morgan fingerprint density at radius 3 is 2.37 bits per heavy atom. The van der Waals surface area contributed by atoms with E-state index in [0.717, 1.165) is 50.7 Å². The number of carbonyl (C=O) groups excluding carboxylic acids is 1. The highest BCUT2D eigenvalue weighted by Crippen LogP contribution is 2.36. The van der Waals surface area contributed by atoms with Crippen molar-refractivity contribution < 1.29 is 4.79 Å².